The van der Waals surface area contributed by atoms with Crippen LogP contribution in [-0.2, 0) is 10.2 Å². The van der Waals surface area contributed by atoms with Crippen LogP contribution in [0.15, 0.2) is 48.5 Å². The molecule has 0 aliphatic heterocycles. The molecule has 1 amide bonds. The van der Waals surface area contributed by atoms with Gasteiger partial charge >= 0.3 is 0 Å². The average Bonchev–Trinajstić information content (AvgIpc) is 2.54. The van der Waals surface area contributed by atoms with E-state index in [1.807, 2.05) is 12.1 Å². The largest absolute Gasteiger partial charge is 0.504 e. The third-order valence-corrected chi connectivity index (χ3v) is 3.65. The Morgan fingerprint density at radius 3 is 2.38 bits per heavy atom. The second-order valence-corrected chi connectivity index (χ2v) is 6.58. The summed E-state index contributed by atoms with van der Waals surface area (Å²) in [5.41, 5.74) is 2.88. The molecule has 0 radical (unpaired) electrons. The van der Waals surface area contributed by atoms with Crippen molar-refractivity contribution in [1.29, 1.82) is 0 Å². The third-order valence-electron chi connectivity index (χ3n) is 3.65. The molecule has 2 N–H and O–H groups in total. The van der Waals surface area contributed by atoms with Crippen LogP contribution in [-0.4, -0.2) is 18.1 Å². The molecule has 4 heteroatoms. The monoisotopic (exact) mass is 325 g/mol. The van der Waals surface area contributed by atoms with Crippen molar-refractivity contribution in [2.45, 2.75) is 26.2 Å². The van der Waals surface area contributed by atoms with Crippen LogP contribution < -0.4 is 10.1 Å². The van der Waals surface area contributed by atoms with E-state index in [9.17, 15) is 9.90 Å². The van der Waals surface area contributed by atoms with E-state index < -0.39 is 0 Å². The highest BCUT2D eigenvalue weighted by molar-refractivity contribution is 6.02. The van der Waals surface area contributed by atoms with E-state index in [4.69, 9.17) is 4.74 Å². The standard InChI is InChI=1S/C20H23NO3/c1-20(2,3)15-8-5-14(6-9-15)7-12-19(23)21-16-10-11-17(22)18(13-16)24-4/h5-13,22H,1-4H3,(H,21,23)/b12-7+. The number of phenols is 1. The molecule has 2 aromatic carbocycles. The number of ether oxygens (including phenoxy) is 1. The molecule has 24 heavy (non-hydrogen) atoms. The van der Waals surface area contributed by atoms with Gasteiger partial charge in [0.1, 0.15) is 0 Å². The second kappa shape index (κ2) is 7.21. The van der Waals surface area contributed by atoms with Crippen LogP contribution >= 0.6 is 0 Å². The van der Waals surface area contributed by atoms with Gasteiger partial charge in [0, 0.05) is 17.8 Å². The SMILES string of the molecule is COc1cc(NC(=O)/C=C/c2ccc(C(C)(C)C)cc2)ccc1O. The van der Waals surface area contributed by atoms with Gasteiger partial charge in [0.05, 0.1) is 7.11 Å². The highest BCUT2D eigenvalue weighted by Crippen LogP contribution is 2.28. The number of nitrogens with one attached hydrogen (secondary N) is 1. The molecule has 0 spiro atoms. The predicted molar refractivity (Wildman–Crippen MR) is 97.5 cm³/mol. The molecule has 0 bridgehead atoms. The fourth-order valence-electron chi connectivity index (χ4n) is 2.21. The van der Waals surface area contributed by atoms with E-state index in [2.05, 4.69) is 38.2 Å². The van der Waals surface area contributed by atoms with Crippen molar-refractivity contribution in [1.82, 2.24) is 0 Å². The van der Waals surface area contributed by atoms with E-state index >= 15 is 0 Å². The van der Waals surface area contributed by atoms with Crippen LogP contribution in [0.1, 0.15) is 31.9 Å². The number of carbonyl (C=O) groups is 1. The number of hydrogen-bond acceptors (Lipinski definition) is 3. The maximum atomic E-state index is 12.0. The number of benzene rings is 2. The number of aromatic hydroxyl groups is 1. The summed E-state index contributed by atoms with van der Waals surface area (Å²) in [5.74, 6) is 0.0992. The van der Waals surface area contributed by atoms with Crippen LogP contribution in [0, 0.1) is 0 Å². The molecule has 0 aliphatic carbocycles. The molecule has 0 atom stereocenters. The van der Waals surface area contributed by atoms with Gasteiger partial charge < -0.3 is 15.2 Å². The lowest BCUT2D eigenvalue weighted by atomic mass is 9.87. The van der Waals surface area contributed by atoms with Gasteiger partial charge in [-0.2, -0.15) is 0 Å². The summed E-state index contributed by atoms with van der Waals surface area (Å²) in [6.45, 7) is 6.49. The average molecular weight is 325 g/mol. The fraction of sp³-hybridized carbons (Fsp3) is 0.250. The minimum absolute atomic E-state index is 0.0324. The Kier molecular flexibility index (Phi) is 5.29. The van der Waals surface area contributed by atoms with Crippen LogP contribution in [0.4, 0.5) is 5.69 Å². The van der Waals surface area contributed by atoms with Gasteiger partial charge in [0.25, 0.3) is 0 Å². The Morgan fingerprint density at radius 1 is 1.12 bits per heavy atom. The fourth-order valence-corrected chi connectivity index (χ4v) is 2.21. The van der Waals surface area contributed by atoms with Gasteiger partial charge in [-0.1, -0.05) is 45.0 Å². The number of carbonyl (C=O) groups excluding carboxylic acids is 1. The molecule has 0 fully saturated rings. The molecule has 0 unspecified atom stereocenters. The maximum Gasteiger partial charge on any atom is 0.248 e. The minimum atomic E-state index is -0.248. The summed E-state index contributed by atoms with van der Waals surface area (Å²) in [5, 5.41) is 12.3. The molecular weight excluding hydrogens is 302 g/mol. The first-order valence-corrected chi connectivity index (χ1v) is 7.76. The Bertz CT molecular complexity index is 740. The van der Waals surface area contributed by atoms with Crippen molar-refractivity contribution in [3.63, 3.8) is 0 Å². The van der Waals surface area contributed by atoms with Crippen LogP contribution in [0.5, 0.6) is 11.5 Å². The summed E-state index contributed by atoms with van der Waals surface area (Å²) < 4.78 is 5.02. The quantitative estimate of drug-likeness (QED) is 0.649. The topological polar surface area (TPSA) is 58.6 Å². The zero-order valence-electron chi connectivity index (χ0n) is 14.5. The van der Waals surface area contributed by atoms with E-state index in [0.29, 0.717) is 11.4 Å². The van der Waals surface area contributed by atoms with E-state index in [1.165, 1.54) is 24.8 Å². The van der Waals surface area contributed by atoms with Crippen LogP contribution in [0.25, 0.3) is 6.08 Å². The van der Waals surface area contributed by atoms with Gasteiger partial charge in [-0.05, 0) is 34.8 Å². The summed E-state index contributed by atoms with van der Waals surface area (Å²) in [7, 11) is 1.46. The molecule has 126 valence electrons. The second-order valence-electron chi connectivity index (χ2n) is 6.58. The lowest BCUT2D eigenvalue weighted by molar-refractivity contribution is -0.111. The molecule has 0 aliphatic rings. The molecule has 0 saturated carbocycles. The molecule has 0 heterocycles. The van der Waals surface area contributed by atoms with Gasteiger partial charge in [0.15, 0.2) is 11.5 Å². The maximum absolute atomic E-state index is 12.0. The predicted octanol–water partition coefficient (Wildman–Crippen LogP) is 4.35. The van der Waals surface area contributed by atoms with Crippen molar-refractivity contribution < 1.29 is 14.6 Å². The molecule has 4 nitrogen and oxygen atoms in total. The van der Waals surface area contributed by atoms with Crippen molar-refractivity contribution in [2.24, 2.45) is 0 Å². The van der Waals surface area contributed by atoms with Gasteiger partial charge in [-0.3, -0.25) is 4.79 Å². The zero-order chi connectivity index (χ0) is 17.7. The summed E-state index contributed by atoms with van der Waals surface area (Å²) in [6, 6.07) is 12.8. The highest BCUT2D eigenvalue weighted by Gasteiger charge is 2.12. The first kappa shape index (κ1) is 17.6. The molecule has 2 aromatic rings. The summed E-state index contributed by atoms with van der Waals surface area (Å²) in [6.07, 6.45) is 3.24. The molecule has 0 aromatic heterocycles. The molecule has 0 saturated heterocycles. The number of amides is 1. The number of hydrogen-bond donors (Lipinski definition) is 2. The Hall–Kier alpha value is -2.75. The number of methoxy groups -OCH3 is 1. The Labute approximate surface area is 142 Å². The lowest BCUT2D eigenvalue weighted by Crippen LogP contribution is -2.10. The molecular formula is C20H23NO3. The van der Waals surface area contributed by atoms with Crippen LogP contribution in [0.2, 0.25) is 0 Å². The Balaban J connectivity index is 2.03. The van der Waals surface area contributed by atoms with Crippen LogP contribution in [0.3, 0.4) is 0 Å². The smallest absolute Gasteiger partial charge is 0.248 e. The van der Waals surface area contributed by atoms with Crippen molar-refractivity contribution in [3.8, 4) is 11.5 Å². The summed E-state index contributed by atoms with van der Waals surface area (Å²) in [4.78, 5) is 12.0. The normalized spacial score (nSPS) is 11.5. The minimum Gasteiger partial charge on any atom is -0.504 e. The first-order chi connectivity index (χ1) is 11.3. The van der Waals surface area contributed by atoms with E-state index in [0.717, 1.165) is 5.56 Å². The first-order valence-electron chi connectivity index (χ1n) is 7.76. The third kappa shape index (κ3) is 4.62. The zero-order valence-corrected chi connectivity index (χ0v) is 14.5. The lowest BCUT2D eigenvalue weighted by Gasteiger charge is -2.18. The highest BCUT2D eigenvalue weighted by atomic mass is 16.5. The van der Waals surface area contributed by atoms with E-state index in [-0.39, 0.29) is 17.1 Å². The molecule has 2 rings (SSSR count). The number of phenolic OH excluding ortho intramolecular Hbond substituents is 1. The Morgan fingerprint density at radius 2 is 1.79 bits per heavy atom. The number of rotatable bonds is 4. The van der Waals surface area contributed by atoms with Gasteiger partial charge in [-0.25, -0.2) is 0 Å². The van der Waals surface area contributed by atoms with Gasteiger partial charge in [0.2, 0.25) is 5.91 Å². The van der Waals surface area contributed by atoms with E-state index in [1.54, 1.807) is 18.2 Å². The van der Waals surface area contributed by atoms with Gasteiger partial charge in [-0.15, -0.1) is 0 Å². The van der Waals surface area contributed by atoms with Crippen molar-refractivity contribution in [2.75, 3.05) is 12.4 Å². The van der Waals surface area contributed by atoms with Crippen molar-refractivity contribution >= 4 is 17.7 Å². The number of anilines is 1. The van der Waals surface area contributed by atoms with Crippen molar-refractivity contribution in [3.05, 3.63) is 59.7 Å². The summed E-state index contributed by atoms with van der Waals surface area (Å²) >= 11 is 0.